The van der Waals surface area contributed by atoms with Crippen molar-refractivity contribution in [2.45, 2.75) is 38.9 Å². The van der Waals surface area contributed by atoms with Crippen LogP contribution in [0.3, 0.4) is 0 Å². The Bertz CT molecular complexity index is 5710. The Hall–Kier alpha value is -13.1. The minimum atomic E-state index is -2.11. The second kappa shape index (κ2) is 27.7. The molecule has 17 aromatic rings. The molecule has 0 bridgehead atoms. The SMILES string of the molecule is CC(C)(C)[Si](C)(C)n1c2ccccc2c2cc(N(c3ccc(N(c4ccccc4)c4ccccc4)cc3)c3ccc(N(c4ccc(N(c5ccccc5)c5ccccc5)cc4)c4ccc(N(c5ccc(N(c6ccccc6)c6ccccc6)cc5)c5ccc6[nH]c7ccccc7c6c5)cc4)cc3)ccc21. The second-order valence-corrected chi connectivity index (χ2v) is 33.4. The molecule has 0 unspecified atom stereocenters. The summed E-state index contributed by atoms with van der Waals surface area (Å²) < 4.78 is 2.71. The Morgan fingerprint density at radius 2 is 0.429 bits per heavy atom. The van der Waals surface area contributed by atoms with Crippen molar-refractivity contribution in [1.82, 2.24) is 9.22 Å². The Morgan fingerprint density at radius 3 is 0.743 bits per heavy atom. The molecular weight excluding hydrogens is 1290 g/mol. The Kier molecular flexibility index (Phi) is 17.2. The maximum Gasteiger partial charge on any atom is 0.161 e. The van der Waals surface area contributed by atoms with E-state index in [-0.39, 0.29) is 5.04 Å². The summed E-state index contributed by atoms with van der Waals surface area (Å²) in [5.41, 5.74) is 23.7. The molecule has 508 valence electrons. The molecule has 0 atom stereocenters. The summed E-state index contributed by atoms with van der Waals surface area (Å²) in [6.45, 7) is 12.3. The van der Waals surface area contributed by atoms with Gasteiger partial charge in [-0.15, -0.1) is 0 Å². The molecule has 0 radical (unpaired) electrons. The molecule has 2 heterocycles. The number of hydrogen-bond acceptors (Lipinski definition) is 6. The molecule has 0 aliphatic heterocycles. The number of H-pyrrole nitrogens is 1. The lowest BCUT2D eigenvalue weighted by atomic mass is 10.1. The van der Waals surface area contributed by atoms with Crippen molar-refractivity contribution in [1.29, 1.82) is 0 Å². The van der Waals surface area contributed by atoms with Gasteiger partial charge >= 0.3 is 0 Å². The second-order valence-electron chi connectivity index (χ2n) is 28.4. The lowest BCUT2D eigenvalue weighted by Crippen LogP contribution is -2.45. The van der Waals surface area contributed by atoms with Gasteiger partial charge in [0, 0.05) is 146 Å². The third-order valence-electron chi connectivity index (χ3n) is 21.0. The third-order valence-corrected chi connectivity index (χ3v) is 26.2. The fourth-order valence-electron chi connectivity index (χ4n) is 14.9. The van der Waals surface area contributed by atoms with Crippen LogP contribution in [0.25, 0.3) is 43.6 Å². The van der Waals surface area contributed by atoms with Crippen LogP contribution in [0.2, 0.25) is 18.1 Å². The molecule has 2 aromatic heterocycles. The smallest absolute Gasteiger partial charge is 0.161 e. The van der Waals surface area contributed by atoms with Crippen LogP contribution in [0.1, 0.15) is 20.8 Å². The van der Waals surface area contributed by atoms with Crippen molar-refractivity contribution < 1.29 is 0 Å². The van der Waals surface area contributed by atoms with Gasteiger partial charge in [0.15, 0.2) is 8.24 Å². The molecule has 17 rings (SSSR count). The van der Waals surface area contributed by atoms with Crippen LogP contribution in [-0.4, -0.2) is 17.5 Å². The first-order valence-corrected chi connectivity index (χ1v) is 39.1. The van der Waals surface area contributed by atoms with Crippen LogP contribution in [-0.2, 0) is 0 Å². The van der Waals surface area contributed by atoms with Gasteiger partial charge in [0.1, 0.15) is 0 Å². The predicted molar refractivity (Wildman–Crippen MR) is 449 cm³/mol. The number of aromatic nitrogens is 2. The topological polar surface area (TPSA) is 40.2 Å². The van der Waals surface area contributed by atoms with Gasteiger partial charge in [0.2, 0.25) is 0 Å². The number of hydrogen-bond donors (Lipinski definition) is 1. The number of para-hydroxylation sites is 8. The highest BCUT2D eigenvalue weighted by Crippen LogP contribution is 2.49. The van der Waals surface area contributed by atoms with Crippen LogP contribution in [0, 0.1) is 0 Å². The van der Waals surface area contributed by atoms with E-state index in [1.807, 2.05) is 0 Å². The molecule has 0 saturated carbocycles. The number of fused-ring (bicyclic) bond motifs is 6. The van der Waals surface area contributed by atoms with Crippen LogP contribution in [0.5, 0.6) is 0 Å². The van der Waals surface area contributed by atoms with Crippen molar-refractivity contribution in [3.63, 3.8) is 0 Å². The van der Waals surface area contributed by atoms with Gasteiger partial charge in [0.05, 0.1) is 0 Å². The summed E-state index contributed by atoms with van der Waals surface area (Å²) in [6, 6.07) is 140. The summed E-state index contributed by atoms with van der Waals surface area (Å²) in [4.78, 5) is 17.8. The van der Waals surface area contributed by atoms with Crippen molar-refractivity contribution in [2.75, 3.05) is 29.4 Å². The summed E-state index contributed by atoms with van der Waals surface area (Å²) in [7, 11) is -2.11. The standard InChI is InChI=1S/C96H80N8Si/c1-96(2,3)105(4,5)104-94-43-27-25-41-89(94)91-69-87(65-67-95(91)104)103(84-58-50-78(51-59-84)100(74-36-20-10-21-37-74)75-38-22-11-23-39-75)85-62-54-81(55-63-85)101(79-46-44-76(45-47-79)98(70-28-12-6-13-29-70)71-30-14-7-15-31-71)80-52-60-83(61-53-80)102(86-64-66-93-90(68-86)88-40-24-26-42-92(88)97-93)82-56-48-77(49-57-82)99(72-32-16-8-17-33-72)73-34-18-9-19-35-73/h6-69,97H,1-5H3. The van der Waals surface area contributed by atoms with E-state index in [1.54, 1.807) is 0 Å². The molecule has 0 fully saturated rings. The van der Waals surface area contributed by atoms with E-state index in [0.717, 1.165) is 113 Å². The Balaban J connectivity index is 0.802. The molecule has 9 heteroatoms. The zero-order valence-corrected chi connectivity index (χ0v) is 60.6. The predicted octanol–water partition coefficient (Wildman–Crippen LogP) is 28.1. The molecule has 8 nitrogen and oxygen atoms in total. The number of nitrogens with one attached hydrogen (secondary N) is 1. The molecule has 105 heavy (non-hydrogen) atoms. The van der Waals surface area contributed by atoms with E-state index in [4.69, 9.17) is 0 Å². The van der Waals surface area contributed by atoms with Gasteiger partial charge < -0.3 is 38.6 Å². The van der Waals surface area contributed by atoms with Crippen molar-refractivity contribution >= 4 is 154 Å². The van der Waals surface area contributed by atoms with E-state index >= 15 is 0 Å². The van der Waals surface area contributed by atoms with Crippen LogP contribution in [0.4, 0.5) is 102 Å². The molecule has 15 aromatic carbocycles. The molecule has 1 N–H and O–H groups in total. The fraction of sp³-hybridized carbons (Fsp3) is 0.0625. The average Bonchev–Trinajstić information content (AvgIpc) is 1.58. The first-order valence-electron chi connectivity index (χ1n) is 36.1. The molecular formula is C96H80N8Si. The van der Waals surface area contributed by atoms with Gasteiger partial charge in [-0.05, 0) is 248 Å². The first kappa shape index (κ1) is 65.2. The summed E-state index contributed by atoms with van der Waals surface area (Å²) in [5, 5.41) is 4.96. The number of nitrogens with zero attached hydrogens (tertiary/aromatic N) is 7. The molecule has 0 spiro atoms. The van der Waals surface area contributed by atoms with Crippen LogP contribution >= 0.6 is 0 Å². The number of anilines is 18. The number of aromatic amines is 1. The third kappa shape index (κ3) is 12.5. The Labute approximate surface area is 616 Å². The van der Waals surface area contributed by atoms with Crippen molar-refractivity contribution in [3.05, 3.63) is 388 Å². The normalized spacial score (nSPS) is 11.7. The van der Waals surface area contributed by atoms with Gasteiger partial charge in [-0.25, -0.2) is 0 Å². The minimum Gasteiger partial charge on any atom is -0.368 e. The number of benzene rings is 15. The maximum atomic E-state index is 3.68. The van der Waals surface area contributed by atoms with Crippen LogP contribution < -0.4 is 29.4 Å². The monoisotopic (exact) mass is 1370 g/mol. The van der Waals surface area contributed by atoms with Crippen molar-refractivity contribution in [2.24, 2.45) is 0 Å². The van der Waals surface area contributed by atoms with Gasteiger partial charge in [-0.1, -0.05) is 179 Å². The molecule has 0 aliphatic rings. The largest absolute Gasteiger partial charge is 0.368 e. The van der Waals surface area contributed by atoms with E-state index in [2.05, 4.69) is 461 Å². The lowest BCUT2D eigenvalue weighted by Gasteiger charge is -2.39. The van der Waals surface area contributed by atoms with Crippen molar-refractivity contribution in [3.8, 4) is 0 Å². The van der Waals surface area contributed by atoms with E-state index in [0.29, 0.717) is 0 Å². The minimum absolute atomic E-state index is 0.100. The van der Waals surface area contributed by atoms with Gasteiger partial charge in [0.25, 0.3) is 0 Å². The van der Waals surface area contributed by atoms with Gasteiger partial charge in [-0.3, -0.25) is 0 Å². The van der Waals surface area contributed by atoms with E-state index in [1.165, 1.54) is 32.6 Å². The summed E-state index contributed by atoms with van der Waals surface area (Å²) in [6.07, 6.45) is 0. The Morgan fingerprint density at radius 1 is 0.210 bits per heavy atom. The first-order chi connectivity index (χ1) is 51.5. The molecule has 0 saturated heterocycles. The molecule has 0 amide bonds. The highest BCUT2D eigenvalue weighted by atomic mass is 28.3. The zero-order chi connectivity index (χ0) is 71.0. The number of rotatable bonds is 19. The quantitative estimate of drug-likeness (QED) is 0.0814. The van der Waals surface area contributed by atoms with Gasteiger partial charge in [-0.2, -0.15) is 0 Å². The fourth-order valence-corrected chi connectivity index (χ4v) is 17.2. The maximum absolute atomic E-state index is 3.68. The van der Waals surface area contributed by atoms with E-state index < -0.39 is 8.24 Å². The average molecular weight is 1370 g/mol. The summed E-state index contributed by atoms with van der Waals surface area (Å²) in [5.74, 6) is 0. The highest BCUT2D eigenvalue weighted by Gasteiger charge is 2.40. The summed E-state index contributed by atoms with van der Waals surface area (Å²) >= 11 is 0. The van der Waals surface area contributed by atoms with E-state index in [9.17, 15) is 0 Å². The molecule has 0 aliphatic carbocycles. The lowest BCUT2D eigenvalue weighted by molar-refractivity contribution is 0.706. The van der Waals surface area contributed by atoms with Crippen LogP contribution in [0.15, 0.2) is 388 Å². The zero-order valence-electron chi connectivity index (χ0n) is 59.6. The highest BCUT2D eigenvalue weighted by molar-refractivity contribution is 6.80.